The summed E-state index contributed by atoms with van der Waals surface area (Å²) in [6.45, 7) is 0. The normalized spacial score (nSPS) is 11.8. The predicted molar refractivity (Wildman–Crippen MR) is 283 cm³/mol. The highest BCUT2D eigenvalue weighted by Gasteiger charge is 2.22. The molecule has 0 aliphatic rings. The highest BCUT2D eigenvalue weighted by molar-refractivity contribution is 6.26. The molecule has 0 radical (unpaired) electrons. The number of fused-ring (bicyclic) bond motifs is 12. The first-order valence-corrected chi connectivity index (χ1v) is 23.1. The van der Waals surface area contributed by atoms with Crippen LogP contribution >= 0.6 is 0 Å². The number of benzene rings is 11. The smallest absolute Gasteiger partial charge is 0.238 e. The van der Waals surface area contributed by atoms with Gasteiger partial charge < -0.3 is 4.57 Å². The monoisotopic (exact) mass is 865 g/mol. The molecule has 0 N–H and O–H groups in total. The van der Waals surface area contributed by atoms with Crippen LogP contribution in [-0.4, -0.2) is 24.1 Å². The Morgan fingerprint density at radius 2 is 0.632 bits per heavy atom. The van der Waals surface area contributed by atoms with Crippen molar-refractivity contribution in [3.05, 3.63) is 237 Å². The van der Waals surface area contributed by atoms with Gasteiger partial charge in [0.1, 0.15) is 0 Å². The third-order valence-corrected chi connectivity index (χ3v) is 13.8. The number of nitrogens with zero attached hydrogens (tertiary/aromatic N) is 5. The van der Waals surface area contributed by atoms with Gasteiger partial charge in [0.15, 0.2) is 11.6 Å². The van der Waals surface area contributed by atoms with Crippen molar-refractivity contribution in [1.82, 2.24) is 24.1 Å². The Morgan fingerprint density at radius 3 is 1.25 bits per heavy atom. The second-order valence-electron chi connectivity index (χ2n) is 17.6. The zero-order valence-electron chi connectivity index (χ0n) is 36.8. The molecule has 0 bridgehead atoms. The summed E-state index contributed by atoms with van der Waals surface area (Å²) in [6, 6.07) is 84.7. The van der Waals surface area contributed by atoms with Crippen LogP contribution in [0.5, 0.6) is 0 Å². The minimum Gasteiger partial charge on any atom is -0.309 e. The Morgan fingerprint density at radius 1 is 0.221 bits per heavy atom. The summed E-state index contributed by atoms with van der Waals surface area (Å²) in [5.41, 5.74) is 11.9. The van der Waals surface area contributed by atoms with Gasteiger partial charge >= 0.3 is 0 Å². The topological polar surface area (TPSA) is 48.5 Å². The molecule has 0 atom stereocenters. The number of hydrogen-bond donors (Lipinski definition) is 0. The number of aromatic nitrogens is 5. The maximum absolute atomic E-state index is 5.29. The molecule has 0 spiro atoms. The van der Waals surface area contributed by atoms with Crippen molar-refractivity contribution in [3.8, 4) is 56.7 Å². The van der Waals surface area contributed by atoms with E-state index in [-0.39, 0.29) is 0 Å². The van der Waals surface area contributed by atoms with Crippen molar-refractivity contribution < 1.29 is 0 Å². The van der Waals surface area contributed by atoms with Crippen LogP contribution in [0.1, 0.15) is 0 Å². The summed E-state index contributed by atoms with van der Waals surface area (Å²) >= 11 is 0. The molecule has 0 aliphatic carbocycles. The fourth-order valence-corrected chi connectivity index (χ4v) is 10.6. The van der Waals surface area contributed by atoms with Crippen LogP contribution in [0.4, 0.5) is 0 Å². The highest BCUT2D eigenvalue weighted by Crippen LogP contribution is 2.41. The predicted octanol–water partition coefficient (Wildman–Crippen LogP) is 16.2. The molecule has 0 aliphatic heterocycles. The molecule has 0 saturated heterocycles. The first kappa shape index (κ1) is 38.1. The van der Waals surface area contributed by atoms with E-state index in [1.165, 1.54) is 54.4 Å². The molecule has 5 nitrogen and oxygen atoms in total. The molecule has 14 aromatic rings. The van der Waals surface area contributed by atoms with Crippen LogP contribution in [-0.2, 0) is 0 Å². The Bertz CT molecular complexity index is 4270. The average molecular weight is 866 g/mol. The van der Waals surface area contributed by atoms with Crippen molar-refractivity contribution in [2.45, 2.75) is 0 Å². The molecule has 0 fully saturated rings. The van der Waals surface area contributed by atoms with Gasteiger partial charge in [0.2, 0.25) is 5.95 Å². The molecule has 0 saturated carbocycles. The van der Waals surface area contributed by atoms with Crippen molar-refractivity contribution in [3.63, 3.8) is 0 Å². The molecular weight excluding hydrogens is 827 g/mol. The van der Waals surface area contributed by atoms with Crippen molar-refractivity contribution in [2.24, 2.45) is 0 Å². The van der Waals surface area contributed by atoms with Crippen LogP contribution < -0.4 is 0 Å². The van der Waals surface area contributed by atoms with E-state index in [2.05, 4.69) is 221 Å². The lowest BCUT2D eigenvalue weighted by Gasteiger charge is -2.13. The maximum Gasteiger partial charge on any atom is 0.238 e. The van der Waals surface area contributed by atoms with Gasteiger partial charge in [-0.2, -0.15) is 9.97 Å². The first-order chi connectivity index (χ1) is 33.7. The van der Waals surface area contributed by atoms with E-state index in [4.69, 9.17) is 15.0 Å². The van der Waals surface area contributed by atoms with Gasteiger partial charge in [-0.3, -0.25) is 4.57 Å². The zero-order chi connectivity index (χ0) is 44.7. The molecule has 316 valence electrons. The molecule has 68 heavy (non-hydrogen) atoms. The van der Waals surface area contributed by atoms with Gasteiger partial charge in [-0.1, -0.05) is 194 Å². The van der Waals surface area contributed by atoms with Crippen LogP contribution in [0, 0.1) is 0 Å². The molecule has 0 unspecified atom stereocenters. The molecule has 5 heteroatoms. The van der Waals surface area contributed by atoms with Crippen molar-refractivity contribution in [1.29, 1.82) is 0 Å². The SMILES string of the molecule is c1ccc(-c2ccc(-c3nc(-c4ccccc4)nc(-n4c5ccccc5c5cc6c(cc54)c4ccccc4n6-c4cccc(-c5ccc6c7ccccc7c7ccccc7c6c5)c4)n3)cc2)cc1. The Kier molecular flexibility index (Phi) is 8.52. The van der Waals surface area contributed by atoms with Crippen LogP contribution in [0.25, 0.3) is 133 Å². The van der Waals surface area contributed by atoms with Gasteiger partial charge in [-0.05, 0) is 97.0 Å². The van der Waals surface area contributed by atoms with E-state index >= 15 is 0 Å². The van der Waals surface area contributed by atoms with E-state index in [0.29, 0.717) is 17.6 Å². The summed E-state index contributed by atoms with van der Waals surface area (Å²) in [5.74, 6) is 1.80. The summed E-state index contributed by atoms with van der Waals surface area (Å²) in [5, 5.41) is 12.2. The number of rotatable bonds is 6. The van der Waals surface area contributed by atoms with Gasteiger partial charge in [0.25, 0.3) is 0 Å². The Balaban J connectivity index is 0.959. The standard InChI is InChI=1S/C63H39N5/c1-3-16-40(17-4-1)41-30-32-43(33-31-41)62-64-61(42-18-5-2-6-19-42)65-63(66-62)68-58-29-14-12-27-53(58)56-38-59-55(39-60(56)68)52-26-11-13-28-57(52)67(59)46-21-15-20-44(36-46)45-34-35-51-49-24-8-7-22-47(49)48-23-9-10-25-50(48)54(51)37-45/h1-39H. The van der Waals surface area contributed by atoms with Crippen molar-refractivity contribution in [2.75, 3.05) is 0 Å². The number of hydrogen-bond acceptors (Lipinski definition) is 3. The van der Waals surface area contributed by atoms with E-state index in [1.54, 1.807) is 0 Å². The third kappa shape index (κ3) is 5.99. The van der Waals surface area contributed by atoms with Gasteiger partial charge in [-0.25, -0.2) is 4.98 Å². The quantitative estimate of drug-likeness (QED) is 0.156. The van der Waals surface area contributed by atoms with E-state index < -0.39 is 0 Å². The van der Waals surface area contributed by atoms with E-state index in [9.17, 15) is 0 Å². The molecule has 14 rings (SSSR count). The second-order valence-corrected chi connectivity index (χ2v) is 17.6. The molecular formula is C63H39N5. The fourth-order valence-electron chi connectivity index (χ4n) is 10.6. The lowest BCUT2D eigenvalue weighted by molar-refractivity contribution is 0.954. The Labute approximate surface area is 391 Å². The third-order valence-electron chi connectivity index (χ3n) is 13.8. The molecule has 0 amide bonds. The number of para-hydroxylation sites is 2. The molecule has 3 heterocycles. The minimum atomic E-state index is 0.569. The van der Waals surface area contributed by atoms with Gasteiger partial charge in [0, 0.05) is 38.4 Å². The van der Waals surface area contributed by atoms with Gasteiger partial charge in [-0.15, -0.1) is 0 Å². The summed E-state index contributed by atoms with van der Waals surface area (Å²) in [6.07, 6.45) is 0. The lowest BCUT2D eigenvalue weighted by Crippen LogP contribution is -2.06. The summed E-state index contributed by atoms with van der Waals surface area (Å²) in [4.78, 5) is 15.7. The second kappa shape index (κ2) is 15.2. The van der Waals surface area contributed by atoms with Crippen LogP contribution in [0.2, 0.25) is 0 Å². The largest absolute Gasteiger partial charge is 0.309 e. The zero-order valence-corrected chi connectivity index (χ0v) is 36.8. The van der Waals surface area contributed by atoms with Crippen LogP contribution in [0.15, 0.2) is 237 Å². The van der Waals surface area contributed by atoms with E-state index in [1.807, 2.05) is 24.3 Å². The fraction of sp³-hybridized carbons (Fsp3) is 0. The summed E-state index contributed by atoms with van der Waals surface area (Å²) < 4.78 is 4.65. The average Bonchev–Trinajstić information content (AvgIpc) is 3.92. The lowest BCUT2D eigenvalue weighted by atomic mass is 9.92. The Hall–Kier alpha value is -9.19. The molecule has 3 aromatic heterocycles. The first-order valence-electron chi connectivity index (χ1n) is 23.1. The minimum absolute atomic E-state index is 0.569. The van der Waals surface area contributed by atoms with Crippen LogP contribution in [0.3, 0.4) is 0 Å². The maximum atomic E-state index is 5.29. The highest BCUT2D eigenvalue weighted by atomic mass is 15.2. The van der Waals surface area contributed by atoms with E-state index in [0.717, 1.165) is 60.6 Å². The van der Waals surface area contributed by atoms with Crippen molar-refractivity contribution >= 4 is 75.9 Å². The van der Waals surface area contributed by atoms with Gasteiger partial charge in [0.05, 0.1) is 22.1 Å². The summed E-state index contributed by atoms with van der Waals surface area (Å²) in [7, 11) is 0. The molecule has 11 aromatic carbocycles.